The number of para-hydroxylation sites is 1. The minimum Gasteiger partial charge on any atom is -0.323 e. The molecule has 126 valence electrons. The number of aliphatic imine (C=N–C) groups is 1. The van der Waals surface area contributed by atoms with Crippen LogP contribution in [0.4, 0.5) is 23.2 Å². The quantitative estimate of drug-likeness (QED) is 0.638. The first-order chi connectivity index (χ1) is 11.4. The number of benzene rings is 2. The van der Waals surface area contributed by atoms with Gasteiger partial charge in [-0.05, 0) is 36.2 Å². The molecule has 0 saturated carbocycles. The average molecular weight is 357 g/mol. The molecule has 0 aliphatic carbocycles. The Bertz CT molecular complexity index is 749. The maximum Gasteiger partial charge on any atom is 0.437 e. The van der Waals surface area contributed by atoms with Gasteiger partial charge in [0.15, 0.2) is 5.84 Å². The van der Waals surface area contributed by atoms with Crippen LogP contribution in [0.25, 0.3) is 0 Å². The summed E-state index contributed by atoms with van der Waals surface area (Å²) >= 11 is 1.18. The molecule has 0 spiro atoms. The van der Waals surface area contributed by atoms with Gasteiger partial charge in [0.1, 0.15) is 5.82 Å². The Morgan fingerprint density at radius 3 is 2.42 bits per heavy atom. The van der Waals surface area contributed by atoms with Gasteiger partial charge < -0.3 is 4.72 Å². The monoisotopic (exact) mass is 357 g/mol. The van der Waals surface area contributed by atoms with Gasteiger partial charge >= 0.3 is 6.18 Å². The maximum absolute atomic E-state index is 13.5. The molecule has 0 fully saturated rings. The van der Waals surface area contributed by atoms with Crippen LogP contribution in [0.1, 0.15) is 5.56 Å². The second-order valence-corrected chi connectivity index (χ2v) is 5.68. The van der Waals surface area contributed by atoms with Crippen LogP contribution in [0, 0.1) is 5.82 Å². The van der Waals surface area contributed by atoms with Gasteiger partial charge in [-0.1, -0.05) is 24.3 Å². The summed E-state index contributed by atoms with van der Waals surface area (Å²) in [6.07, 6.45) is -6.77. The summed E-state index contributed by atoms with van der Waals surface area (Å²) in [5, 5.41) is 0. The van der Waals surface area contributed by atoms with Crippen LogP contribution in [0.15, 0.2) is 58.4 Å². The number of amidine groups is 1. The van der Waals surface area contributed by atoms with Gasteiger partial charge in [-0.2, -0.15) is 13.2 Å². The summed E-state index contributed by atoms with van der Waals surface area (Å²) in [5.41, 5.74) is 2.97. The summed E-state index contributed by atoms with van der Waals surface area (Å²) in [6.45, 7) is 0. The summed E-state index contributed by atoms with van der Waals surface area (Å²) in [7, 11) is 0. The van der Waals surface area contributed by atoms with Crippen LogP contribution in [0.3, 0.4) is 0 Å². The van der Waals surface area contributed by atoms with E-state index < -0.39 is 12.4 Å². The first-order valence-electron chi connectivity index (χ1n) is 6.77. The molecule has 9 heteroatoms. The highest BCUT2D eigenvalue weighted by Gasteiger charge is 2.44. The van der Waals surface area contributed by atoms with Crippen molar-refractivity contribution in [2.45, 2.75) is 17.3 Å². The number of rotatable bonds is 4. The minimum atomic E-state index is -4.56. The second-order valence-electron chi connectivity index (χ2n) is 4.80. The lowest BCUT2D eigenvalue weighted by Crippen LogP contribution is -2.29. The van der Waals surface area contributed by atoms with Crippen molar-refractivity contribution < 1.29 is 22.4 Å². The topological polar surface area (TPSA) is 45.7 Å². The van der Waals surface area contributed by atoms with Crippen molar-refractivity contribution in [2.75, 3.05) is 4.72 Å². The van der Waals surface area contributed by atoms with E-state index in [1.54, 1.807) is 42.5 Å². The van der Waals surface area contributed by atoms with Crippen molar-refractivity contribution in [1.29, 1.82) is 0 Å². The smallest absolute Gasteiger partial charge is 0.323 e. The molecule has 0 saturated heterocycles. The highest BCUT2D eigenvalue weighted by Crippen LogP contribution is 2.27. The Morgan fingerprint density at radius 1 is 1.08 bits per heavy atom. The van der Waals surface area contributed by atoms with Gasteiger partial charge in [0.05, 0.1) is 5.69 Å². The van der Waals surface area contributed by atoms with Crippen LogP contribution in [-0.2, 0) is 4.84 Å². The summed E-state index contributed by atoms with van der Waals surface area (Å²) in [5.74, 6) is -0.364. The zero-order valence-electron chi connectivity index (χ0n) is 12.0. The minimum absolute atomic E-state index is 0.0101. The maximum atomic E-state index is 13.5. The number of nitrogens with one attached hydrogen (secondary N) is 2. The number of nitrogens with zero attached hydrogens (tertiary/aromatic N) is 1. The number of halogens is 4. The Hall–Kier alpha value is -2.26. The molecule has 1 atom stereocenters. The van der Waals surface area contributed by atoms with E-state index in [0.717, 1.165) is 4.90 Å². The predicted octanol–water partition coefficient (Wildman–Crippen LogP) is 4.11. The lowest BCUT2D eigenvalue weighted by Gasteiger charge is -2.08. The van der Waals surface area contributed by atoms with Crippen LogP contribution >= 0.6 is 11.9 Å². The molecule has 1 aliphatic heterocycles. The number of hydrogen-bond acceptors (Lipinski definition) is 5. The van der Waals surface area contributed by atoms with Crippen molar-refractivity contribution in [3.63, 3.8) is 0 Å². The van der Waals surface area contributed by atoms with E-state index in [9.17, 15) is 17.6 Å². The molecule has 1 heterocycles. The Balaban J connectivity index is 1.65. The number of hydrogen-bond donors (Lipinski definition) is 2. The average Bonchev–Trinajstić information content (AvgIpc) is 3.05. The van der Waals surface area contributed by atoms with Gasteiger partial charge in [-0.15, -0.1) is 0 Å². The summed E-state index contributed by atoms with van der Waals surface area (Å²) < 4.78 is 53.8. The second kappa shape index (κ2) is 6.70. The summed E-state index contributed by atoms with van der Waals surface area (Å²) in [6, 6.07) is 12.8. The van der Waals surface area contributed by atoms with Crippen molar-refractivity contribution >= 4 is 23.5 Å². The van der Waals surface area contributed by atoms with Gasteiger partial charge in [0.25, 0.3) is 6.23 Å². The standard InChI is InChI=1S/C15H11F4N3OS/c16-11-3-1-2-4-12(11)22-24-10-7-5-9(6-8-10)13-20-14(23-21-13)15(17,18)19/h1-8,14,22H,(H,20,21). The van der Waals surface area contributed by atoms with E-state index in [-0.39, 0.29) is 11.7 Å². The van der Waals surface area contributed by atoms with Gasteiger partial charge in [-0.25, -0.2) is 19.7 Å². The zero-order chi connectivity index (χ0) is 17.2. The van der Waals surface area contributed by atoms with E-state index >= 15 is 0 Å². The van der Waals surface area contributed by atoms with Crippen molar-refractivity contribution in [3.05, 3.63) is 59.9 Å². The fourth-order valence-corrected chi connectivity index (χ4v) is 2.56. The first-order valence-corrected chi connectivity index (χ1v) is 7.59. The largest absolute Gasteiger partial charge is 0.437 e. The summed E-state index contributed by atoms with van der Waals surface area (Å²) in [4.78, 5) is 8.60. The van der Waals surface area contributed by atoms with Crippen LogP contribution in [0.5, 0.6) is 0 Å². The first kappa shape index (κ1) is 16.6. The molecule has 2 N–H and O–H groups in total. The third kappa shape index (κ3) is 3.80. The number of hydroxylamine groups is 1. The van der Waals surface area contributed by atoms with E-state index in [1.807, 2.05) is 0 Å². The van der Waals surface area contributed by atoms with E-state index in [4.69, 9.17) is 0 Å². The van der Waals surface area contributed by atoms with E-state index in [2.05, 4.69) is 20.0 Å². The Kier molecular flexibility index (Phi) is 4.63. The van der Waals surface area contributed by atoms with E-state index in [0.29, 0.717) is 11.3 Å². The SMILES string of the molecule is Fc1ccccc1NSc1ccc(C2=NC(C(F)(F)F)ON2)cc1. The van der Waals surface area contributed by atoms with E-state index in [1.165, 1.54) is 18.0 Å². The Labute approximate surface area is 139 Å². The lowest BCUT2D eigenvalue weighted by atomic mass is 10.2. The molecule has 0 amide bonds. The van der Waals surface area contributed by atoms with Crippen molar-refractivity contribution in [3.8, 4) is 0 Å². The highest BCUT2D eigenvalue weighted by atomic mass is 32.2. The molecular formula is C15H11F4N3OS. The lowest BCUT2D eigenvalue weighted by molar-refractivity contribution is -0.220. The molecule has 24 heavy (non-hydrogen) atoms. The molecule has 1 aliphatic rings. The molecule has 1 unspecified atom stereocenters. The molecule has 2 aromatic carbocycles. The zero-order valence-corrected chi connectivity index (χ0v) is 12.8. The van der Waals surface area contributed by atoms with Gasteiger partial charge in [0, 0.05) is 10.5 Å². The third-order valence-electron chi connectivity index (χ3n) is 3.07. The van der Waals surface area contributed by atoms with Gasteiger partial charge in [-0.3, -0.25) is 0 Å². The van der Waals surface area contributed by atoms with Crippen molar-refractivity contribution in [1.82, 2.24) is 5.48 Å². The number of anilines is 1. The third-order valence-corrected chi connectivity index (χ3v) is 3.90. The Morgan fingerprint density at radius 2 is 1.79 bits per heavy atom. The molecular weight excluding hydrogens is 346 g/mol. The highest BCUT2D eigenvalue weighted by molar-refractivity contribution is 8.00. The van der Waals surface area contributed by atoms with Crippen LogP contribution in [0.2, 0.25) is 0 Å². The molecule has 0 aromatic heterocycles. The fraction of sp³-hybridized carbons (Fsp3) is 0.133. The molecule has 3 rings (SSSR count). The van der Waals surface area contributed by atoms with Crippen LogP contribution < -0.4 is 10.2 Å². The molecule has 0 bridgehead atoms. The predicted molar refractivity (Wildman–Crippen MR) is 82.9 cm³/mol. The number of alkyl halides is 3. The molecule has 0 radical (unpaired) electrons. The fourth-order valence-electron chi connectivity index (χ4n) is 1.89. The molecule has 2 aromatic rings. The van der Waals surface area contributed by atoms with Crippen LogP contribution in [-0.4, -0.2) is 18.2 Å². The normalized spacial score (nSPS) is 17.3. The van der Waals surface area contributed by atoms with Crippen molar-refractivity contribution in [2.24, 2.45) is 4.99 Å². The molecule has 4 nitrogen and oxygen atoms in total. The van der Waals surface area contributed by atoms with Gasteiger partial charge in [0.2, 0.25) is 0 Å².